The van der Waals surface area contributed by atoms with E-state index in [1.807, 2.05) is 0 Å². The van der Waals surface area contributed by atoms with E-state index in [0.29, 0.717) is 0 Å². The molecule has 0 aromatic carbocycles. The lowest BCUT2D eigenvalue weighted by Crippen LogP contribution is -2.08. The maximum absolute atomic E-state index is 5.45. The molecule has 1 rings (SSSR count). The van der Waals surface area contributed by atoms with Gasteiger partial charge in [0.05, 0.1) is 0 Å². The molecule has 0 unspecified atom stereocenters. The summed E-state index contributed by atoms with van der Waals surface area (Å²) in [5, 5.41) is 0. The molecular weight excluding hydrogens is 158 g/mol. The predicted octanol–water partition coefficient (Wildman–Crippen LogP) is 2.73. The van der Waals surface area contributed by atoms with Crippen LogP contribution in [-0.2, 0) is 0 Å². The van der Waals surface area contributed by atoms with E-state index in [1.54, 1.807) is 0 Å². The van der Waals surface area contributed by atoms with Crippen molar-refractivity contribution in [2.24, 2.45) is 11.7 Å². The van der Waals surface area contributed by atoms with Crippen LogP contribution in [0.3, 0.4) is 0 Å². The molecule has 2 N–H and O–H groups in total. The zero-order valence-corrected chi connectivity index (χ0v) is 8.04. The number of nitrogens with two attached hydrogens (primary N) is 1. The Morgan fingerprint density at radius 2 is 1.73 bits per heavy atom. The maximum Gasteiger partial charge on any atom is -0.00772 e. The average molecular weight is 178 g/mol. The van der Waals surface area contributed by atoms with Crippen LogP contribution >= 0.6 is 12.4 Å². The van der Waals surface area contributed by atoms with Gasteiger partial charge in [-0.2, -0.15) is 0 Å². The van der Waals surface area contributed by atoms with E-state index < -0.39 is 0 Å². The molecule has 0 bridgehead atoms. The molecule has 0 aromatic heterocycles. The van der Waals surface area contributed by atoms with Crippen LogP contribution in [0.25, 0.3) is 0 Å². The summed E-state index contributed by atoms with van der Waals surface area (Å²) in [5.74, 6) is 1.03. The second-order valence-corrected chi connectivity index (χ2v) is 3.43. The molecule has 0 radical (unpaired) electrons. The van der Waals surface area contributed by atoms with Gasteiger partial charge in [0.25, 0.3) is 0 Å². The van der Waals surface area contributed by atoms with Gasteiger partial charge in [0.2, 0.25) is 0 Å². The third-order valence-corrected chi connectivity index (χ3v) is 2.54. The molecule has 0 atom stereocenters. The first-order valence-electron chi connectivity index (χ1n) is 4.63. The molecule has 1 nitrogen and oxygen atoms in total. The van der Waals surface area contributed by atoms with Crippen LogP contribution in [0.4, 0.5) is 0 Å². The molecule has 1 saturated carbocycles. The van der Waals surface area contributed by atoms with E-state index >= 15 is 0 Å². The smallest absolute Gasteiger partial charge is 0.00772 e. The van der Waals surface area contributed by atoms with E-state index in [9.17, 15) is 0 Å². The molecule has 0 aromatic rings. The lowest BCUT2D eigenvalue weighted by Gasteiger charge is -2.20. The van der Waals surface area contributed by atoms with Crippen molar-refractivity contribution < 1.29 is 0 Å². The van der Waals surface area contributed by atoms with Gasteiger partial charge in [0.1, 0.15) is 0 Å². The second kappa shape index (κ2) is 6.93. The highest BCUT2D eigenvalue weighted by Gasteiger charge is 2.11. The van der Waals surface area contributed by atoms with Crippen molar-refractivity contribution >= 4 is 12.4 Å². The molecule has 2 heteroatoms. The van der Waals surface area contributed by atoms with Crippen LogP contribution in [0, 0.1) is 5.92 Å². The van der Waals surface area contributed by atoms with Crippen molar-refractivity contribution in [1.82, 2.24) is 0 Å². The molecule has 1 aliphatic carbocycles. The molecule has 11 heavy (non-hydrogen) atoms. The normalized spacial score (nSPS) is 19.4. The topological polar surface area (TPSA) is 26.0 Å². The molecule has 0 aliphatic heterocycles. The van der Waals surface area contributed by atoms with Crippen LogP contribution < -0.4 is 5.73 Å². The second-order valence-electron chi connectivity index (χ2n) is 3.43. The third kappa shape index (κ3) is 4.65. The van der Waals surface area contributed by atoms with Gasteiger partial charge in [-0.3, -0.25) is 0 Å². The Morgan fingerprint density at radius 1 is 1.09 bits per heavy atom. The molecule has 0 spiro atoms. The number of halogens is 1. The Morgan fingerprint density at radius 3 is 2.27 bits per heavy atom. The summed E-state index contributed by atoms with van der Waals surface area (Å²) < 4.78 is 0. The van der Waals surface area contributed by atoms with Crippen molar-refractivity contribution in [2.75, 3.05) is 6.54 Å². The molecule has 0 heterocycles. The van der Waals surface area contributed by atoms with Gasteiger partial charge in [0, 0.05) is 0 Å². The van der Waals surface area contributed by atoms with E-state index in [4.69, 9.17) is 5.73 Å². The van der Waals surface area contributed by atoms with Gasteiger partial charge < -0.3 is 5.73 Å². The minimum absolute atomic E-state index is 0. The SMILES string of the molecule is Cl.NCCCC1CCCCC1. The summed E-state index contributed by atoms with van der Waals surface area (Å²) >= 11 is 0. The van der Waals surface area contributed by atoms with Crippen LogP contribution in [-0.4, -0.2) is 6.54 Å². The molecular formula is C9H20ClN. The molecule has 0 amide bonds. The number of hydrogen-bond donors (Lipinski definition) is 1. The minimum Gasteiger partial charge on any atom is -0.330 e. The van der Waals surface area contributed by atoms with Crippen molar-refractivity contribution in [3.63, 3.8) is 0 Å². The van der Waals surface area contributed by atoms with E-state index in [-0.39, 0.29) is 12.4 Å². The summed E-state index contributed by atoms with van der Waals surface area (Å²) in [6, 6.07) is 0. The fourth-order valence-corrected chi connectivity index (χ4v) is 1.88. The van der Waals surface area contributed by atoms with E-state index in [0.717, 1.165) is 12.5 Å². The summed E-state index contributed by atoms with van der Waals surface area (Å²) in [4.78, 5) is 0. The first-order chi connectivity index (χ1) is 4.93. The van der Waals surface area contributed by atoms with Gasteiger partial charge in [0.15, 0.2) is 0 Å². The number of rotatable bonds is 3. The Bertz CT molecular complexity index is 79.6. The molecule has 68 valence electrons. The highest BCUT2D eigenvalue weighted by Crippen LogP contribution is 2.26. The standard InChI is InChI=1S/C9H19N.ClH/c10-8-4-7-9-5-2-1-3-6-9;/h9H,1-8,10H2;1H. The Labute approximate surface area is 76.1 Å². The van der Waals surface area contributed by atoms with Crippen molar-refractivity contribution in [2.45, 2.75) is 44.9 Å². The van der Waals surface area contributed by atoms with Gasteiger partial charge in [-0.05, 0) is 25.3 Å². The van der Waals surface area contributed by atoms with Crippen molar-refractivity contribution in [3.05, 3.63) is 0 Å². The van der Waals surface area contributed by atoms with E-state index in [1.165, 1.54) is 44.9 Å². The Kier molecular flexibility index (Phi) is 7.09. The summed E-state index contributed by atoms with van der Waals surface area (Å²) in [7, 11) is 0. The van der Waals surface area contributed by atoms with Gasteiger partial charge in [-0.15, -0.1) is 12.4 Å². The maximum atomic E-state index is 5.45. The number of hydrogen-bond acceptors (Lipinski definition) is 1. The Balaban J connectivity index is 0.000001000. The molecule has 1 aliphatic rings. The van der Waals surface area contributed by atoms with Crippen molar-refractivity contribution in [3.8, 4) is 0 Å². The van der Waals surface area contributed by atoms with Gasteiger partial charge >= 0.3 is 0 Å². The largest absolute Gasteiger partial charge is 0.330 e. The lowest BCUT2D eigenvalue weighted by atomic mass is 9.86. The fourth-order valence-electron chi connectivity index (χ4n) is 1.88. The first kappa shape index (κ1) is 11.2. The monoisotopic (exact) mass is 177 g/mol. The fraction of sp³-hybridized carbons (Fsp3) is 1.00. The summed E-state index contributed by atoms with van der Waals surface area (Å²) in [6.07, 6.45) is 9.98. The molecule has 1 fully saturated rings. The quantitative estimate of drug-likeness (QED) is 0.705. The molecule has 0 saturated heterocycles. The minimum atomic E-state index is 0. The van der Waals surface area contributed by atoms with Crippen LogP contribution in [0.15, 0.2) is 0 Å². The lowest BCUT2D eigenvalue weighted by molar-refractivity contribution is 0.334. The Hall–Kier alpha value is 0.250. The third-order valence-electron chi connectivity index (χ3n) is 2.54. The average Bonchev–Trinajstić information content (AvgIpc) is 2.03. The summed E-state index contributed by atoms with van der Waals surface area (Å²) in [6.45, 7) is 0.885. The zero-order valence-electron chi connectivity index (χ0n) is 7.22. The van der Waals surface area contributed by atoms with Crippen LogP contribution in [0.1, 0.15) is 44.9 Å². The van der Waals surface area contributed by atoms with Crippen molar-refractivity contribution in [1.29, 1.82) is 0 Å². The van der Waals surface area contributed by atoms with E-state index in [2.05, 4.69) is 0 Å². The zero-order chi connectivity index (χ0) is 7.23. The first-order valence-corrected chi connectivity index (χ1v) is 4.63. The van der Waals surface area contributed by atoms with Crippen LogP contribution in [0.5, 0.6) is 0 Å². The predicted molar refractivity (Wildman–Crippen MR) is 52.1 cm³/mol. The van der Waals surface area contributed by atoms with Gasteiger partial charge in [-0.1, -0.05) is 32.1 Å². The van der Waals surface area contributed by atoms with Crippen LogP contribution in [0.2, 0.25) is 0 Å². The summed E-state index contributed by atoms with van der Waals surface area (Å²) in [5.41, 5.74) is 5.45. The van der Waals surface area contributed by atoms with Gasteiger partial charge in [-0.25, -0.2) is 0 Å². The highest BCUT2D eigenvalue weighted by atomic mass is 35.5. The highest BCUT2D eigenvalue weighted by molar-refractivity contribution is 5.85.